The number of likely N-dealkylation sites (N-methyl/N-ethyl adjacent to an activating group) is 1. The van der Waals surface area contributed by atoms with Crippen LogP contribution in [-0.2, 0) is 4.79 Å². The molecule has 6 nitrogen and oxygen atoms in total. The van der Waals surface area contributed by atoms with Crippen LogP contribution in [0.1, 0.15) is 19.3 Å². The molecule has 1 aliphatic rings. The van der Waals surface area contributed by atoms with Crippen LogP contribution < -0.4 is 10.1 Å². The Morgan fingerprint density at radius 1 is 1.06 bits per heavy atom. The summed E-state index contributed by atoms with van der Waals surface area (Å²) in [5, 5.41) is 4.47. The molecular formula is C29H31N3O3. The Morgan fingerprint density at radius 3 is 2.57 bits per heavy atom. The summed E-state index contributed by atoms with van der Waals surface area (Å²) in [5.74, 6) is 2.02. The molecule has 5 rings (SSSR count). The lowest BCUT2D eigenvalue weighted by atomic mass is 9.98. The molecule has 0 amide bonds. The van der Waals surface area contributed by atoms with E-state index in [1.54, 1.807) is 6.20 Å². The second-order valence-electron chi connectivity index (χ2n) is 9.32. The minimum atomic E-state index is 0.0739. The molecule has 1 aliphatic carbocycles. The van der Waals surface area contributed by atoms with E-state index in [1.165, 1.54) is 0 Å². The maximum absolute atomic E-state index is 12.2. The highest BCUT2D eigenvalue weighted by Crippen LogP contribution is 2.43. The van der Waals surface area contributed by atoms with Gasteiger partial charge in [0.1, 0.15) is 23.9 Å². The Kier molecular flexibility index (Phi) is 6.82. The molecule has 35 heavy (non-hydrogen) atoms. The molecule has 6 heteroatoms. The van der Waals surface area contributed by atoms with E-state index in [1.807, 2.05) is 62.6 Å². The predicted molar refractivity (Wildman–Crippen MR) is 140 cm³/mol. The van der Waals surface area contributed by atoms with Gasteiger partial charge in [-0.1, -0.05) is 30.3 Å². The van der Waals surface area contributed by atoms with E-state index < -0.39 is 0 Å². The number of nitrogens with zero attached hydrogens (tertiary/aromatic N) is 2. The Balaban J connectivity index is 1.52. The first-order valence-electron chi connectivity index (χ1n) is 12.2. The Bertz CT molecular complexity index is 1300. The number of anilines is 1. The van der Waals surface area contributed by atoms with E-state index in [2.05, 4.69) is 27.3 Å². The summed E-state index contributed by atoms with van der Waals surface area (Å²) in [6.07, 6.45) is 4.38. The molecule has 1 N–H and O–H groups in total. The molecule has 1 saturated carbocycles. The normalized spacial score (nSPS) is 15.7. The van der Waals surface area contributed by atoms with Gasteiger partial charge in [0.05, 0.1) is 5.39 Å². The first-order chi connectivity index (χ1) is 17.1. The van der Waals surface area contributed by atoms with Crippen LogP contribution in [0.2, 0.25) is 0 Å². The number of nitrogens with one attached hydrogen (secondary N) is 1. The van der Waals surface area contributed by atoms with Crippen molar-refractivity contribution >= 4 is 22.6 Å². The van der Waals surface area contributed by atoms with Crippen LogP contribution in [0.3, 0.4) is 0 Å². The number of rotatable bonds is 9. The van der Waals surface area contributed by atoms with Gasteiger partial charge in [-0.2, -0.15) is 0 Å². The lowest BCUT2D eigenvalue weighted by Crippen LogP contribution is -2.19. The molecule has 2 aromatic carbocycles. The van der Waals surface area contributed by atoms with Crippen LogP contribution in [-0.4, -0.2) is 49.5 Å². The van der Waals surface area contributed by atoms with Crippen molar-refractivity contribution < 1.29 is 13.9 Å². The van der Waals surface area contributed by atoms with E-state index in [0.717, 1.165) is 58.7 Å². The smallest absolute Gasteiger partial charge is 0.229 e. The second kappa shape index (κ2) is 10.3. The van der Waals surface area contributed by atoms with Crippen molar-refractivity contribution in [2.75, 3.05) is 39.1 Å². The third-order valence-electron chi connectivity index (χ3n) is 6.55. The fourth-order valence-corrected chi connectivity index (χ4v) is 4.64. The van der Waals surface area contributed by atoms with Gasteiger partial charge >= 0.3 is 0 Å². The van der Waals surface area contributed by atoms with E-state index in [0.29, 0.717) is 31.1 Å². The predicted octanol–water partition coefficient (Wildman–Crippen LogP) is 5.88. The van der Waals surface area contributed by atoms with E-state index in [9.17, 15) is 4.79 Å². The van der Waals surface area contributed by atoms with Crippen molar-refractivity contribution in [2.24, 2.45) is 5.92 Å². The fourth-order valence-electron chi connectivity index (χ4n) is 4.64. The zero-order valence-electron chi connectivity index (χ0n) is 20.3. The summed E-state index contributed by atoms with van der Waals surface area (Å²) in [6.45, 7) is 2.12. The number of carbonyl (C=O) groups is 1. The molecule has 1 atom stereocenters. The average molecular weight is 470 g/mol. The lowest BCUT2D eigenvalue weighted by molar-refractivity contribution is -0.120. The third-order valence-corrected chi connectivity index (χ3v) is 6.55. The maximum Gasteiger partial charge on any atom is 0.229 e. The number of ether oxygens (including phenoxy) is 1. The highest BCUT2D eigenvalue weighted by Gasteiger charge is 2.25. The van der Waals surface area contributed by atoms with Crippen molar-refractivity contribution in [3.05, 3.63) is 66.9 Å². The molecule has 2 aromatic heterocycles. The van der Waals surface area contributed by atoms with Crippen molar-refractivity contribution in [1.82, 2.24) is 9.88 Å². The number of furan rings is 1. The van der Waals surface area contributed by atoms with Crippen LogP contribution in [0.5, 0.6) is 5.75 Å². The molecule has 4 aromatic rings. The molecule has 0 spiro atoms. The van der Waals surface area contributed by atoms with Gasteiger partial charge in [-0.05, 0) is 62.8 Å². The van der Waals surface area contributed by atoms with Gasteiger partial charge in [-0.3, -0.25) is 4.79 Å². The summed E-state index contributed by atoms with van der Waals surface area (Å²) in [6, 6.07) is 20.2. The molecule has 180 valence electrons. The Hall–Kier alpha value is -3.64. The number of fused-ring (bicyclic) bond motifs is 1. The van der Waals surface area contributed by atoms with Gasteiger partial charge in [-0.15, -0.1) is 0 Å². The van der Waals surface area contributed by atoms with Crippen molar-refractivity contribution in [3.8, 4) is 28.2 Å². The van der Waals surface area contributed by atoms with Gasteiger partial charge in [0.25, 0.3) is 0 Å². The second-order valence-corrected chi connectivity index (χ2v) is 9.32. The number of hydrogen-bond acceptors (Lipinski definition) is 6. The summed E-state index contributed by atoms with van der Waals surface area (Å²) in [7, 11) is 4.06. The van der Waals surface area contributed by atoms with Gasteiger partial charge < -0.3 is 19.4 Å². The molecule has 0 radical (unpaired) electrons. The lowest BCUT2D eigenvalue weighted by Gasteiger charge is -2.13. The SMILES string of the molecule is CN(C)CCOc1ccc(-c2oc3nccc(NC[C@H]4CCCC4=O)c3c2-c2ccccc2)cc1. The van der Waals surface area contributed by atoms with Crippen LogP contribution in [0.25, 0.3) is 33.6 Å². The number of hydrogen-bond donors (Lipinski definition) is 1. The summed E-state index contributed by atoms with van der Waals surface area (Å²) < 4.78 is 12.2. The number of carbonyl (C=O) groups excluding carboxylic acids is 1. The van der Waals surface area contributed by atoms with Crippen molar-refractivity contribution in [2.45, 2.75) is 19.3 Å². The van der Waals surface area contributed by atoms with Crippen molar-refractivity contribution in [1.29, 1.82) is 0 Å². The average Bonchev–Trinajstić information content (AvgIpc) is 3.47. The topological polar surface area (TPSA) is 67.6 Å². The molecule has 0 unspecified atom stereocenters. The molecule has 0 saturated heterocycles. The fraction of sp³-hybridized carbons (Fsp3) is 0.310. The highest BCUT2D eigenvalue weighted by molar-refractivity contribution is 6.07. The third kappa shape index (κ3) is 5.08. The van der Waals surface area contributed by atoms with E-state index >= 15 is 0 Å². The van der Waals surface area contributed by atoms with Gasteiger partial charge in [0.2, 0.25) is 5.71 Å². The number of benzene rings is 2. The molecular weight excluding hydrogens is 438 g/mol. The van der Waals surface area contributed by atoms with Crippen LogP contribution in [0.4, 0.5) is 5.69 Å². The van der Waals surface area contributed by atoms with Crippen LogP contribution in [0, 0.1) is 5.92 Å². The van der Waals surface area contributed by atoms with E-state index in [-0.39, 0.29) is 5.92 Å². The van der Waals surface area contributed by atoms with E-state index in [4.69, 9.17) is 9.15 Å². The zero-order chi connectivity index (χ0) is 24.2. The minimum absolute atomic E-state index is 0.0739. The highest BCUT2D eigenvalue weighted by atomic mass is 16.5. The monoisotopic (exact) mass is 469 g/mol. The summed E-state index contributed by atoms with van der Waals surface area (Å²) in [4.78, 5) is 18.8. The standard InChI is InChI=1S/C29H31N3O3/c1-32(2)17-18-34-23-13-11-21(12-14-23)28-26(20-7-4-3-5-8-20)27-24(15-16-30-29(27)35-28)31-19-22-9-6-10-25(22)33/h3-5,7-8,11-16,22H,6,9-10,17-19H2,1-2H3,(H,30,31)/t22-/m1/s1. The summed E-state index contributed by atoms with van der Waals surface area (Å²) >= 11 is 0. The molecule has 0 bridgehead atoms. The summed E-state index contributed by atoms with van der Waals surface area (Å²) in [5.41, 5.74) is 4.52. The van der Waals surface area contributed by atoms with Crippen LogP contribution in [0.15, 0.2) is 71.3 Å². The van der Waals surface area contributed by atoms with Crippen LogP contribution >= 0.6 is 0 Å². The molecule has 0 aliphatic heterocycles. The van der Waals surface area contributed by atoms with Gasteiger partial charge in [0, 0.05) is 48.4 Å². The first kappa shape index (κ1) is 23.1. The number of Topliss-reactive ketones (excluding diaryl/α,β-unsaturated/α-hetero) is 1. The van der Waals surface area contributed by atoms with Gasteiger partial charge in [0.15, 0.2) is 0 Å². The largest absolute Gasteiger partial charge is 0.492 e. The van der Waals surface area contributed by atoms with Gasteiger partial charge in [-0.25, -0.2) is 4.98 Å². The van der Waals surface area contributed by atoms with Crippen molar-refractivity contribution in [3.63, 3.8) is 0 Å². The quantitative estimate of drug-likeness (QED) is 0.330. The molecule has 1 fully saturated rings. The maximum atomic E-state index is 12.2. The Morgan fingerprint density at radius 2 is 1.86 bits per heavy atom. The number of ketones is 1. The number of aromatic nitrogens is 1. The minimum Gasteiger partial charge on any atom is -0.492 e. The first-order valence-corrected chi connectivity index (χ1v) is 12.2. The number of pyridine rings is 1. The zero-order valence-corrected chi connectivity index (χ0v) is 20.3. The Labute approximate surface area is 205 Å². The molecule has 2 heterocycles.